The summed E-state index contributed by atoms with van der Waals surface area (Å²) in [5, 5.41) is 15.6. The van der Waals surface area contributed by atoms with Crippen LogP contribution in [0.1, 0.15) is 47.3 Å². The van der Waals surface area contributed by atoms with Crippen molar-refractivity contribution in [3.63, 3.8) is 0 Å². The van der Waals surface area contributed by atoms with Crippen molar-refractivity contribution in [2.24, 2.45) is 0 Å². The second-order valence-electron chi connectivity index (χ2n) is 10.2. The molecular formula is C29H30F3N5O5. The molecule has 42 heavy (non-hydrogen) atoms. The number of fused-ring (bicyclic) bond motifs is 1. The molecule has 3 aromatic rings. The van der Waals surface area contributed by atoms with E-state index < -0.39 is 48.0 Å². The van der Waals surface area contributed by atoms with Crippen molar-refractivity contribution < 1.29 is 37.3 Å². The normalized spacial score (nSPS) is 16.6. The van der Waals surface area contributed by atoms with Crippen molar-refractivity contribution in [3.8, 4) is 17.0 Å². The number of rotatable bonds is 9. The van der Waals surface area contributed by atoms with Crippen LogP contribution in [0.4, 0.5) is 19.1 Å². The number of nitrogens with zero attached hydrogens (tertiary/aromatic N) is 3. The number of carbonyl (C=O) groups is 2. The number of aromatic nitrogens is 2. The predicted molar refractivity (Wildman–Crippen MR) is 145 cm³/mol. The minimum absolute atomic E-state index is 0.0260. The van der Waals surface area contributed by atoms with Crippen LogP contribution in [-0.4, -0.2) is 70.8 Å². The van der Waals surface area contributed by atoms with Crippen LogP contribution in [0.25, 0.3) is 11.3 Å². The number of aliphatic hydroxyl groups is 1. The first-order valence-electron chi connectivity index (χ1n) is 13.4. The Hall–Kier alpha value is -4.23. The molecule has 0 unspecified atom stereocenters. The molecule has 3 N–H and O–H groups in total. The minimum atomic E-state index is -1.08. The van der Waals surface area contributed by atoms with Crippen molar-refractivity contribution >= 4 is 17.8 Å². The van der Waals surface area contributed by atoms with Crippen LogP contribution in [0.3, 0.4) is 0 Å². The van der Waals surface area contributed by atoms with E-state index in [0.717, 1.165) is 31.2 Å². The number of carbonyl (C=O) groups excluding carboxylic acids is 2. The highest BCUT2D eigenvalue weighted by Crippen LogP contribution is 2.34. The van der Waals surface area contributed by atoms with Crippen LogP contribution in [-0.2, 0) is 16.1 Å². The number of amides is 2. The topological polar surface area (TPSA) is 126 Å². The first-order valence-corrected chi connectivity index (χ1v) is 13.4. The molecule has 5 rings (SSSR count). The average Bonchev–Trinajstić information content (AvgIpc) is 3.33. The number of anilines is 1. The molecular weight excluding hydrogens is 555 g/mol. The van der Waals surface area contributed by atoms with E-state index in [-0.39, 0.29) is 46.7 Å². The third-order valence-electron chi connectivity index (χ3n) is 7.48. The van der Waals surface area contributed by atoms with E-state index in [1.54, 1.807) is 0 Å². The molecule has 1 aromatic heterocycles. The van der Waals surface area contributed by atoms with Crippen molar-refractivity contribution in [1.29, 1.82) is 0 Å². The Balaban J connectivity index is 1.34. The van der Waals surface area contributed by atoms with Gasteiger partial charge in [0.15, 0.2) is 5.82 Å². The maximum absolute atomic E-state index is 15.8. The summed E-state index contributed by atoms with van der Waals surface area (Å²) in [4.78, 5) is 35.8. The minimum Gasteiger partial charge on any atom is -0.497 e. The Bertz CT molecular complexity index is 1500. The predicted octanol–water partition coefficient (Wildman–Crippen LogP) is 3.35. The van der Waals surface area contributed by atoms with Gasteiger partial charge in [-0.15, -0.1) is 0 Å². The molecule has 1 saturated heterocycles. The molecule has 0 bridgehead atoms. The fourth-order valence-electron chi connectivity index (χ4n) is 5.10. The number of hydrogen-bond acceptors (Lipinski definition) is 8. The van der Waals surface area contributed by atoms with E-state index in [1.807, 2.05) is 0 Å². The molecule has 13 heteroatoms. The van der Waals surface area contributed by atoms with E-state index in [9.17, 15) is 23.5 Å². The number of ether oxygens (including phenoxy) is 2. The number of aliphatic hydroxyl groups excluding tert-OH is 1. The highest BCUT2D eigenvalue weighted by molar-refractivity contribution is 6.02. The Labute approximate surface area is 239 Å². The molecule has 2 atom stereocenters. The molecule has 222 valence electrons. The third kappa shape index (κ3) is 5.88. The van der Waals surface area contributed by atoms with Gasteiger partial charge >= 0.3 is 0 Å². The lowest BCUT2D eigenvalue weighted by atomic mass is 10.0. The van der Waals surface area contributed by atoms with Gasteiger partial charge in [-0.2, -0.15) is 0 Å². The van der Waals surface area contributed by atoms with E-state index in [1.165, 1.54) is 37.1 Å². The molecule has 3 heterocycles. The summed E-state index contributed by atoms with van der Waals surface area (Å²) < 4.78 is 55.0. The molecule has 2 aromatic carbocycles. The Morgan fingerprint density at radius 3 is 2.69 bits per heavy atom. The lowest BCUT2D eigenvalue weighted by molar-refractivity contribution is -0.126. The quantitative estimate of drug-likeness (QED) is 0.349. The van der Waals surface area contributed by atoms with Gasteiger partial charge in [0.1, 0.15) is 29.1 Å². The van der Waals surface area contributed by atoms with Crippen molar-refractivity contribution in [3.05, 3.63) is 70.7 Å². The number of nitrogens with one attached hydrogen (secondary N) is 2. The van der Waals surface area contributed by atoms with Crippen LogP contribution in [0.15, 0.2) is 36.5 Å². The molecule has 0 aliphatic carbocycles. The molecule has 2 aliphatic rings. The molecule has 0 spiro atoms. The van der Waals surface area contributed by atoms with Crippen molar-refractivity contribution in [2.45, 2.75) is 44.4 Å². The molecule has 0 saturated carbocycles. The lowest BCUT2D eigenvalue weighted by Crippen LogP contribution is -2.46. The summed E-state index contributed by atoms with van der Waals surface area (Å²) in [6.45, 7) is 1.98. The van der Waals surface area contributed by atoms with Gasteiger partial charge in [0.05, 0.1) is 31.5 Å². The van der Waals surface area contributed by atoms with Gasteiger partial charge in [0, 0.05) is 37.4 Å². The first-order chi connectivity index (χ1) is 20.2. The maximum atomic E-state index is 15.8. The first kappa shape index (κ1) is 29.3. The second-order valence-corrected chi connectivity index (χ2v) is 10.2. The van der Waals surface area contributed by atoms with Crippen LogP contribution in [0.5, 0.6) is 5.75 Å². The molecule has 0 radical (unpaired) electrons. The van der Waals surface area contributed by atoms with E-state index in [2.05, 4.69) is 20.6 Å². The van der Waals surface area contributed by atoms with Gasteiger partial charge in [-0.25, -0.2) is 23.1 Å². The highest BCUT2D eigenvalue weighted by atomic mass is 19.1. The fraction of sp³-hybridized carbons (Fsp3) is 0.379. The number of halogens is 3. The van der Waals surface area contributed by atoms with E-state index in [0.29, 0.717) is 18.8 Å². The zero-order chi connectivity index (χ0) is 30.0. The average molecular weight is 586 g/mol. The summed E-state index contributed by atoms with van der Waals surface area (Å²) in [7, 11) is 1.36. The van der Waals surface area contributed by atoms with Gasteiger partial charge in [0.25, 0.3) is 5.91 Å². The van der Waals surface area contributed by atoms with Gasteiger partial charge in [-0.3, -0.25) is 9.59 Å². The van der Waals surface area contributed by atoms with Crippen LogP contribution in [0.2, 0.25) is 0 Å². The fourth-order valence-corrected chi connectivity index (χ4v) is 5.10. The Kier molecular flexibility index (Phi) is 8.59. The number of benzene rings is 2. The summed E-state index contributed by atoms with van der Waals surface area (Å²) in [6.07, 6.45) is 2.38. The van der Waals surface area contributed by atoms with Gasteiger partial charge in [0.2, 0.25) is 11.9 Å². The molecule has 2 amide bonds. The summed E-state index contributed by atoms with van der Waals surface area (Å²) in [6, 6.07) is 4.58. The SMILES string of the molecule is COc1cc(F)cc([C@@H](CO)NC(=O)[C@@H](C)N2Cc3ccc(-c4nc(NC5CCOCC5)ncc4F)c(F)c3C2=O)c1. The standard InChI is InChI=1S/C29H30F3N5O5/c1-15(27(39)35-23(14-38)17-9-18(30)11-20(10-17)41-2)37-13-16-3-4-21(25(32)24(16)28(37)40)26-22(31)12-33-29(36-26)34-19-5-7-42-8-6-19/h3-4,9-12,15,19,23,38H,5-8,13-14H2,1-2H3,(H,35,39)(H,33,34,36)/t15-,23-/m1/s1. The van der Waals surface area contributed by atoms with Crippen molar-refractivity contribution in [2.75, 3.05) is 32.2 Å². The Morgan fingerprint density at radius 2 is 1.98 bits per heavy atom. The molecule has 10 nitrogen and oxygen atoms in total. The molecule has 2 aliphatic heterocycles. The van der Waals surface area contributed by atoms with Gasteiger partial charge < -0.3 is 30.1 Å². The smallest absolute Gasteiger partial charge is 0.258 e. The lowest BCUT2D eigenvalue weighted by Gasteiger charge is -2.26. The number of hydrogen-bond donors (Lipinski definition) is 3. The van der Waals surface area contributed by atoms with E-state index >= 15 is 4.39 Å². The van der Waals surface area contributed by atoms with Crippen LogP contribution >= 0.6 is 0 Å². The monoisotopic (exact) mass is 585 g/mol. The number of methoxy groups -OCH3 is 1. The summed E-state index contributed by atoms with van der Waals surface area (Å²) in [5.74, 6) is -3.50. The van der Waals surface area contributed by atoms with Crippen molar-refractivity contribution in [1.82, 2.24) is 20.2 Å². The van der Waals surface area contributed by atoms with Crippen LogP contribution in [0, 0.1) is 17.5 Å². The summed E-state index contributed by atoms with van der Waals surface area (Å²) >= 11 is 0. The van der Waals surface area contributed by atoms with Gasteiger partial charge in [-0.1, -0.05) is 6.07 Å². The van der Waals surface area contributed by atoms with E-state index in [4.69, 9.17) is 9.47 Å². The maximum Gasteiger partial charge on any atom is 0.258 e. The largest absolute Gasteiger partial charge is 0.497 e. The zero-order valence-electron chi connectivity index (χ0n) is 23.0. The zero-order valence-corrected chi connectivity index (χ0v) is 23.0. The highest BCUT2D eigenvalue weighted by Gasteiger charge is 2.38. The van der Waals surface area contributed by atoms with Gasteiger partial charge in [-0.05, 0) is 49.1 Å². The Morgan fingerprint density at radius 1 is 1.21 bits per heavy atom. The second kappa shape index (κ2) is 12.3. The third-order valence-corrected chi connectivity index (χ3v) is 7.48. The van der Waals surface area contributed by atoms with Crippen LogP contribution < -0.4 is 15.4 Å². The summed E-state index contributed by atoms with van der Waals surface area (Å²) in [5.41, 5.74) is -0.203. The molecule has 1 fully saturated rings.